The molecular formula is C18H18F3N3O2. The summed E-state index contributed by atoms with van der Waals surface area (Å²) in [4.78, 5) is 18.6. The standard InChI is InChI=1S/C18H18F3N3O2/c19-18(20,21)15-3-1-2-14(11-15)17(25)23-12-13-4-5-22-16(10-13)24-6-8-26-9-7-24/h1-5,10-11H,6-9,12H2,(H,23,25). The van der Waals surface area contributed by atoms with Crippen LogP contribution in [0.3, 0.4) is 0 Å². The van der Waals surface area contributed by atoms with Crippen molar-refractivity contribution >= 4 is 11.7 Å². The highest BCUT2D eigenvalue weighted by atomic mass is 19.4. The number of alkyl halides is 3. The van der Waals surface area contributed by atoms with Crippen molar-refractivity contribution in [2.75, 3.05) is 31.2 Å². The maximum atomic E-state index is 12.8. The maximum Gasteiger partial charge on any atom is 0.416 e. The SMILES string of the molecule is O=C(NCc1ccnc(N2CCOCC2)c1)c1cccc(C(F)(F)F)c1. The molecule has 0 bridgehead atoms. The van der Waals surface area contributed by atoms with E-state index in [-0.39, 0.29) is 12.1 Å². The van der Waals surface area contributed by atoms with Gasteiger partial charge in [0.1, 0.15) is 5.82 Å². The number of anilines is 1. The molecule has 3 rings (SSSR count). The van der Waals surface area contributed by atoms with Gasteiger partial charge < -0.3 is 15.0 Å². The van der Waals surface area contributed by atoms with Crippen LogP contribution in [0, 0.1) is 0 Å². The van der Waals surface area contributed by atoms with Gasteiger partial charge in [-0.3, -0.25) is 4.79 Å². The molecule has 2 aromatic rings. The molecule has 0 atom stereocenters. The Bertz CT molecular complexity index is 774. The van der Waals surface area contributed by atoms with Gasteiger partial charge in [0, 0.05) is 31.4 Å². The number of benzene rings is 1. The second-order valence-electron chi connectivity index (χ2n) is 5.88. The fraction of sp³-hybridized carbons (Fsp3) is 0.333. The van der Waals surface area contributed by atoms with E-state index in [9.17, 15) is 18.0 Å². The van der Waals surface area contributed by atoms with Gasteiger partial charge in [-0.15, -0.1) is 0 Å². The molecule has 26 heavy (non-hydrogen) atoms. The van der Waals surface area contributed by atoms with Gasteiger partial charge in [-0.25, -0.2) is 4.98 Å². The van der Waals surface area contributed by atoms with Crippen LogP contribution < -0.4 is 10.2 Å². The third-order valence-electron chi connectivity index (χ3n) is 4.05. The number of morpholine rings is 1. The second-order valence-corrected chi connectivity index (χ2v) is 5.88. The lowest BCUT2D eigenvalue weighted by atomic mass is 10.1. The summed E-state index contributed by atoms with van der Waals surface area (Å²) in [6, 6.07) is 7.99. The summed E-state index contributed by atoms with van der Waals surface area (Å²) < 4.78 is 43.6. The molecule has 2 heterocycles. The molecule has 0 unspecified atom stereocenters. The summed E-state index contributed by atoms with van der Waals surface area (Å²) in [5.41, 5.74) is -0.0484. The van der Waals surface area contributed by atoms with Gasteiger partial charge in [0.2, 0.25) is 0 Å². The number of ether oxygens (including phenoxy) is 1. The highest BCUT2D eigenvalue weighted by molar-refractivity contribution is 5.94. The van der Waals surface area contributed by atoms with Gasteiger partial charge in [0.25, 0.3) is 5.91 Å². The number of aromatic nitrogens is 1. The Morgan fingerprint density at radius 1 is 1.19 bits per heavy atom. The Hall–Kier alpha value is -2.61. The first-order valence-electron chi connectivity index (χ1n) is 8.16. The summed E-state index contributed by atoms with van der Waals surface area (Å²) in [6.45, 7) is 2.96. The van der Waals surface area contributed by atoms with E-state index in [0.717, 1.165) is 36.6 Å². The first-order chi connectivity index (χ1) is 12.4. The first kappa shape index (κ1) is 18.2. The molecule has 1 aliphatic heterocycles. The summed E-state index contributed by atoms with van der Waals surface area (Å²) >= 11 is 0. The lowest BCUT2D eigenvalue weighted by Gasteiger charge is -2.28. The number of carbonyl (C=O) groups is 1. The Balaban J connectivity index is 1.64. The van der Waals surface area contributed by atoms with Crippen LogP contribution in [0.25, 0.3) is 0 Å². The number of halogens is 3. The molecule has 1 fully saturated rings. The molecule has 1 saturated heterocycles. The molecule has 5 nitrogen and oxygen atoms in total. The Morgan fingerprint density at radius 3 is 2.69 bits per heavy atom. The van der Waals surface area contributed by atoms with E-state index in [2.05, 4.69) is 15.2 Å². The lowest BCUT2D eigenvalue weighted by Crippen LogP contribution is -2.36. The van der Waals surface area contributed by atoms with Crippen LogP contribution in [0.2, 0.25) is 0 Å². The molecule has 0 aliphatic carbocycles. The second kappa shape index (κ2) is 7.74. The number of hydrogen-bond donors (Lipinski definition) is 1. The molecule has 1 aromatic carbocycles. The highest BCUT2D eigenvalue weighted by Crippen LogP contribution is 2.29. The van der Waals surface area contributed by atoms with E-state index < -0.39 is 17.6 Å². The van der Waals surface area contributed by atoms with E-state index in [0.29, 0.717) is 13.2 Å². The van der Waals surface area contributed by atoms with Crippen LogP contribution in [-0.2, 0) is 17.5 Å². The van der Waals surface area contributed by atoms with E-state index in [1.54, 1.807) is 12.3 Å². The Kier molecular flexibility index (Phi) is 5.41. The average Bonchev–Trinajstić information content (AvgIpc) is 2.66. The van der Waals surface area contributed by atoms with Gasteiger partial charge in [-0.1, -0.05) is 6.07 Å². The van der Waals surface area contributed by atoms with Crippen molar-refractivity contribution in [3.8, 4) is 0 Å². The van der Waals surface area contributed by atoms with Crippen molar-refractivity contribution in [3.63, 3.8) is 0 Å². The number of hydrogen-bond acceptors (Lipinski definition) is 4. The van der Waals surface area contributed by atoms with Crippen LogP contribution >= 0.6 is 0 Å². The zero-order valence-corrected chi connectivity index (χ0v) is 13.9. The van der Waals surface area contributed by atoms with Crippen molar-refractivity contribution in [2.45, 2.75) is 12.7 Å². The third-order valence-corrected chi connectivity index (χ3v) is 4.05. The number of rotatable bonds is 4. The van der Waals surface area contributed by atoms with Crippen molar-refractivity contribution < 1.29 is 22.7 Å². The fourth-order valence-corrected chi connectivity index (χ4v) is 2.66. The van der Waals surface area contributed by atoms with Crippen LogP contribution in [0.15, 0.2) is 42.6 Å². The highest BCUT2D eigenvalue weighted by Gasteiger charge is 2.30. The van der Waals surface area contributed by atoms with Crippen molar-refractivity contribution in [3.05, 3.63) is 59.3 Å². The number of amides is 1. The lowest BCUT2D eigenvalue weighted by molar-refractivity contribution is -0.137. The van der Waals surface area contributed by atoms with E-state index in [1.165, 1.54) is 12.1 Å². The minimum Gasteiger partial charge on any atom is -0.378 e. The predicted octanol–water partition coefficient (Wildman–Crippen LogP) is 2.87. The quantitative estimate of drug-likeness (QED) is 0.905. The predicted molar refractivity (Wildman–Crippen MR) is 89.9 cm³/mol. The molecule has 1 amide bonds. The molecule has 8 heteroatoms. The zero-order valence-electron chi connectivity index (χ0n) is 13.9. The van der Waals surface area contributed by atoms with Gasteiger partial charge >= 0.3 is 6.18 Å². The summed E-state index contributed by atoms with van der Waals surface area (Å²) in [5, 5.41) is 2.65. The van der Waals surface area contributed by atoms with Crippen LogP contribution in [0.4, 0.5) is 19.0 Å². The van der Waals surface area contributed by atoms with Crippen molar-refractivity contribution in [1.82, 2.24) is 10.3 Å². The normalized spacial score (nSPS) is 15.0. The summed E-state index contributed by atoms with van der Waals surface area (Å²) in [6.07, 6.45) is -2.83. The topological polar surface area (TPSA) is 54.5 Å². The maximum absolute atomic E-state index is 12.8. The van der Waals surface area contributed by atoms with Crippen LogP contribution in [0.5, 0.6) is 0 Å². The molecule has 1 N–H and O–H groups in total. The van der Waals surface area contributed by atoms with Crippen LogP contribution in [0.1, 0.15) is 21.5 Å². The Labute approximate surface area is 148 Å². The number of nitrogens with one attached hydrogen (secondary N) is 1. The van der Waals surface area contributed by atoms with Gasteiger partial charge in [-0.05, 0) is 35.9 Å². The molecular weight excluding hydrogens is 347 g/mol. The summed E-state index contributed by atoms with van der Waals surface area (Å²) in [5.74, 6) is 0.236. The molecule has 138 valence electrons. The van der Waals surface area contributed by atoms with E-state index in [1.807, 2.05) is 6.07 Å². The third kappa shape index (κ3) is 4.51. The minimum atomic E-state index is -4.48. The molecule has 0 radical (unpaired) electrons. The summed E-state index contributed by atoms with van der Waals surface area (Å²) in [7, 11) is 0. The smallest absolute Gasteiger partial charge is 0.378 e. The van der Waals surface area contributed by atoms with E-state index in [4.69, 9.17) is 4.74 Å². The minimum absolute atomic E-state index is 0.0257. The largest absolute Gasteiger partial charge is 0.416 e. The van der Waals surface area contributed by atoms with Crippen molar-refractivity contribution in [2.24, 2.45) is 0 Å². The van der Waals surface area contributed by atoms with E-state index >= 15 is 0 Å². The van der Waals surface area contributed by atoms with Gasteiger partial charge in [0.05, 0.1) is 18.8 Å². The van der Waals surface area contributed by atoms with Crippen molar-refractivity contribution in [1.29, 1.82) is 0 Å². The average molecular weight is 365 g/mol. The molecule has 0 saturated carbocycles. The number of nitrogens with zero attached hydrogens (tertiary/aromatic N) is 2. The molecule has 0 spiro atoms. The molecule has 1 aromatic heterocycles. The zero-order chi connectivity index (χ0) is 18.6. The van der Waals surface area contributed by atoms with Gasteiger partial charge in [0.15, 0.2) is 0 Å². The van der Waals surface area contributed by atoms with Gasteiger partial charge in [-0.2, -0.15) is 13.2 Å². The van der Waals surface area contributed by atoms with Crippen LogP contribution in [-0.4, -0.2) is 37.2 Å². The Morgan fingerprint density at radius 2 is 1.96 bits per heavy atom. The fourth-order valence-electron chi connectivity index (χ4n) is 2.66. The number of pyridine rings is 1. The first-order valence-corrected chi connectivity index (χ1v) is 8.16. The number of carbonyl (C=O) groups excluding carboxylic acids is 1. The monoisotopic (exact) mass is 365 g/mol. The molecule has 1 aliphatic rings.